The van der Waals surface area contributed by atoms with E-state index in [0.29, 0.717) is 6.04 Å². The van der Waals surface area contributed by atoms with Gasteiger partial charge in [0.15, 0.2) is 0 Å². The first kappa shape index (κ1) is 24.6. The molecule has 16 heavy (non-hydrogen) atoms. The van der Waals surface area contributed by atoms with Gasteiger partial charge < -0.3 is 10.1 Å². The maximum Gasteiger partial charge on any atom is 0.116 e. The van der Waals surface area contributed by atoms with Crippen LogP contribution in [-0.4, -0.2) is 19.4 Å². The van der Waals surface area contributed by atoms with E-state index in [1.807, 2.05) is 40.8 Å². The maximum atomic E-state index is 8.81. The fraction of sp³-hybridized carbons (Fsp3) is 0.786. The molecule has 0 rings (SSSR count). The summed E-state index contributed by atoms with van der Waals surface area (Å²) in [5.41, 5.74) is 0. The molecule has 0 saturated heterocycles. The van der Waals surface area contributed by atoms with Gasteiger partial charge in [-0.1, -0.05) is 33.8 Å². The van der Waals surface area contributed by atoms with Crippen molar-refractivity contribution in [2.45, 2.75) is 66.8 Å². The summed E-state index contributed by atoms with van der Waals surface area (Å²) in [7, 11) is 2.00. The third-order valence-corrected chi connectivity index (χ3v) is 1.54. The molecule has 100 valence electrons. The fourth-order valence-electron chi connectivity index (χ4n) is 0.713. The Hall–Kier alpha value is -0.630. The third kappa shape index (κ3) is 50.4. The zero-order chi connectivity index (χ0) is 13.8. The van der Waals surface area contributed by atoms with Crippen LogP contribution >= 0.6 is 0 Å². The van der Waals surface area contributed by atoms with Gasteiger partial charge in [0.1, 0.15) is 6.29 Å². The van der Waals surface area contributed by atoms with Crippen LogP contribution in [0.5, 0.6) is 0 Å². The van der Waals surface area contributed by atoms with Crippen molar-refractivity contribution in [1.29, 1.82) is 0 Å². The lowest BCUT2D eigenvalue weighted by Crippen LogP contribution is -2.20. The van der Waals surface area contributed by atoms with Crippen LogP contribution in [0, 0.1) is 0 Å². The smallest absolute Gasteiger partial charge is 0.116 e. The van der Waals surface area contributed by atoms with Gasteiger partial charge >= 0.3 is 0 Å². The lowest BCUT2D eigenvalue weighted by molar-refractivity contribution is -0.106. The molecule has 1 unspecified atom stereocenters. The highest BCUT2D eigenvalue weighted by Crippen LogP contribution is 1.99. The first-order chi connectivity index (χ1) is 7.72. The third-order valence-electron chi connectivity index (χ3n) is 1.54. The van der Waals surface area contributed by atoms with Gasteiger partial charge in [-0.15, -0.1) is 6.58 Å². The van der Waals surface area contributed by atoms with Crippen molar-refractivity contribution < 1.29 is 4.79 Å². The number of hydrogen-bond acceptors (Lipinski definition) is 2. The van der Waals surface area contributed by atoms with E-state index in [9.17, 15) is 0 Å². The Bertz CT molecular complexity index is 103. The van der Waals surface area contributed by atoms with Crippen molar-refractivity contribution in [3.05, 3.63) is 12.7 Å². The van der Waals surface area contributed by atoms with E-state index in [1.165, 1.54) is 19.8 Å². The zero-order valence-corrected chi connectivity index (χ0v) is 12.5. The summed E-state index contributed by atoms with van der Waals surface area (Å²) in [4.78, 5) is 8.81. The Morgan fingerprint density at radius 2 is 1.62 bits per heavy atom. The van der Waals surface area contributed by atoms with E-state index in [1.54, 1.807) is 0 Å². The molecule has 0 heterocycles. The first-order valence-corrected chi connectivity index (χ1v) is 6.40. The van der Waals surface area contributed by atoms with Crippen LogP contribution in [0.4, 0.5) is 0 Å². The Kier molecular flexibility index (Phi) is 56.3. The molecular formula is C14H33NO. The predicted octanol–water partition coefficient (Wildman–Crippen LogP) is 4.21. The van der Waals surface area contributed by atoms with E-state index in [0.717, 1.165) is 12.7 Å². The number of nitrogens with one attached hydrogen (secondary N) is 1. The van der Waals surface area contributed by atoms with Crippen LogP contribution in [0.3, 0.4) is 0 Å². The highest BCUT2D eigenvalue weighted by Gasteiger charge is 1.94. The summed E-state index contributed by atoms with van der Waals surface area (Å²) < 4.78 is 0. The Balaban J connectivity index is -0.0000000864. The summed E-state index contributed by atoms with van der Waals surface area (Å²) in [6.45, 7) is 15.3. The minimum Gasteiger partial charge on any atom is -0.317 e. The van der Waals surface area contributed by atoms with Gasteiger partial charge in [0, 0.05) is 6.04 Å². The molecule has 2 heteroatoms. The molecule has 0 fully saturated rings. The van der Waals surface area contributed by atoms with E-state index in [2.05, 4.69) is 18.8 Å². The second-order valence-corrected chi connectivity index (χ2v) is 2.65. The summed E-state index contributed by atoms with van der Waals surface area (Å²) in [5.74, 6) is 0. The van der Waals surface area contributed by atoms with E-state index < -0.39 is 0 Å². The second kappa shape index (κ2) is 36.7. The molecule has 0 saturated carbocycles. The van der Waals surface area contributed by atoms with Crippen molar-refractivity contribution in [3.63, 3.8) is 0 Å². The highest BCUT2D eigenvalue weighted by molar-refractivity contribution is 5.44. The van der Waals surface area contributed by atoms with Crippen molar-refractivity contribution in [3.8, 4) is 0 Å². The SMILES string of the molecule is C=CCCCC(C)NC.CC.CC.CC=O. The van der Waals surface area contributed by atoms with Crippen LogP contribution < -0.4 is 5.32 Å². The zero-order valence-electron chi connectivity index (χ0n) is 12.5. The lowest BCUT2D eigenvalue weighted by Gasteiger charge is -2.07. The predicted molar refractivity (Wildman–Crippen MR) is 77.0 cm³/mol. The van der Waals surface area contributed by atoms with Gasteiger partial charge in [-0.3, -0.25) is 0 Å². The molecule has 0 radical (unpaired) electrons. The van der Waals surface area contributed by atoms with E-state index >= 15 is 0 Å². The van der Waals surface area contributed by atoms with Crippen LogP contribution in [-0.2, 0) is 4.79 Å². The van der Waals surface area contributed by atoms with Gasteiger partial charge in [0.2, 0.25) is 0 Å². The number of hydrogen-bond donors (Lipinski definition) is 1. The van der Waals surface area contributed by atoms with E-state index in [-0.39, 0.29) is 0 Å². The van der Waals surface area contributed by atoms with Gasteiger partial charge in [0.05, 0.1) is 0 Å². The molecule has 1 N–H and O–H groups in total. The molecule has 0 aromatic rings. The number of carbonyl (C=O) groups is 1. The number of carbonyl (C=O) groups excluding carboxylic acids is 1. The van der Waals surface area contributed by atoms with Crippen LogP contribution in [0.2, 0.25) is 0 Å². The molecule has 0 aliphatic carbocycles. The molecule has 0 amide bonds. The monoisotopic (exact) mass is 231 g/mol. The molecular weight excluding hydrogens is 198 g/mol. The van der Waals surface area contributed by atoms with Gasteiger partial charge in [0.25, 0.3) is 0 Å². The average Bonchev–Trinajstić information content (AvgIpc) is 2.35. The summed E-state index contributed by atoms with van der Waals surface area (Å²) in [6, 6.07) is 0.657. The minimum atomic E-state index is 0.657. The quantitative estimate of drug-likeness (QED) is 0.436. The standard InChI is InChI=1S/C8H17N.C2H4O.2C2H6/c1-4-5-6-7-8(2)9-3;1-2-3;2*1-2/h4,8-9H,1,5-7H2,2-3H3;2H,1H3;2*1-2H3. The number of aldehydes is 1. The number of unbranched alkanes of at least 4 members (excludes halogenated alkanes) is 1. The van der Waals surface area contributed by atoms with Crippen LogP contribution in [0.25, 0.3) is 0 Å². The van der Waals surface area contributed by atoms with Gasteiger partial charge in [-0.05, 0) is 40.2 Å². The van der Waals surface area contributed by atoms with Gasteiger partial charge in [-0.2, -0.15) is 0 Å². The molecule has 1 atom stereocenters. The second-order valence-electron chi connectivity index (χ2n) is 2.65. The largest absolute Gasteiger partial charge is 0.317 e. The Morgan fingerprint density at radius 3 is 1.88 bits per heavy atom. The lowest BCUT2D eigenvalue weighted by atomic mass is 10.1. The van der Waals surface area contributed by atoms with E-state index in [4.69, 9.17) is 4.79 Å². The molecule has 2 nitrogen and oxygen atoms in total. The Labute approximate surface area is 104 Å². The topological polar surface area (TPSA) is 29.1 Å². The fourth-order valence-corrected chi connectivity index (χ4v) is 0.713. The minimum absolute atomic E-state index is 0.657. The Morgan fingerprint density at radius 1 is 1.25 bits per heavy atom. The number of allylic oxidation sites excluding steroid dienone is 1. The normalized spacial score (nSPS) is 8.94. The molecule has 0 bridgehead atoms. The van der Waals surface area contributed by atoms with Crippen molar-refractivity contribution >= 4 is 6.29 Å². The molecule has 0 aromatic carbocycles. The van der Waals surface area contributed by atoms with Crippen molar-refractivity contribution in [1.82, 2.24) is 5.32 Å². The van der Waals surface area contributed by atoms with Crippen molar-refractivity contribution in [2.24, 2.45) is 0 Å². The molecule has 0 aromatic heterocycles. The molecule has 0 spiro atoms. The average molecular weight is 231 g/mol. The first-order valence-electron chi connectivity index (χ1n) is 6.40. The van der Waals surface area contributed by atoms with Gasteiger partial charge in [-0.25, -0.2) is 0 Å². The maximum absolute atomic E-state index is 8.81. The summed E-state index contributed by atoms with van der Waals surface area (Å²) in [6.07, 6.45) is 6.38. The summed E-state index contributed by atoms with van der Waals surface area (Å²) in [5, 5.41) is 3.19. The molecule has 0 aliphatic rings. The highest BCUT2D eigenvalue weighted by atomic mass is 16.1. The molecule has 0 aliphatic heterocycles. The van der Waals surface area contributed by atoms with Crippen LogP contribution in [0.1, 0.15) is 60.8 Å². The number of rotatable bonds is 5. The van der Waals surface area contributed by atoms with Crippen molar-refractivity contribution in [2.75, 3.05) is 7.05 Å². The summed E-state index contributed by atoms with van der Waals surface area (Å²) >= 11 is 0. The van der Waals surface area contributed by atoms with Crippen LogP contribution in [0.15, 0.2) is 12.7 Å².